The Morgan fingerprint density at radius 2 is 1.43 bits per heavy atom. The fourth-order valence-electron chi connectivity index (χ4n) is 2.87. The predicted molar refractivity (Wildman–Crippen MR) is 121 cm³/mol. The zero-order chi connectivity index (χ0) is 21.3. The summed E-state index contributed by atoms with van der Waals surface area (Å²) in [7, 11) is -2.64. The lowest BCUT2D eigenvalue weighted by Gasteiger charge is -2.29. The van der Waals surface area contributed by atoms with E-state index in [0.717, 1.165) is 24.6 Å². The first-order chi connectivity index (χ1) is 13.4. The molecule has 0 unspecified atom stereocenters. The zero-order valence-corrected chi connectivity index (χ0v) is 21.0. The molecule has 0 fully saturated rings. The maximum absolute atomic E-state index is 12.0. The van der Waals surface area contributed by atoms with Crippen LogP contribution in [0.4, 0.5) is 0 Å². The van der Waals surface area contributed by atoms with Gasteiger partial charge < -0.3 is 18.0 Å². The average Bonchev–Trinajstić information content (AvgIpc) is 2.65. The Morgan fingerprint density at radius 3 is 2.00 bits per heavy atom. The normalized spacial score (nSPS) is 12.4. The Morgan fingerprint density at radius 1 is 0.821 bits per heavy atom. The van der Waals surface area contributed by atoms with Crippen molar-refractivity contribution in [3.8, 4) is 0 Å². The Kier molecular flexibility index (Phi) is 16.6. The van der Waals surface area contributed by atoms with Crippen molar-refractivity contribution in [1.29, 1.82) is 0 Å². The minimum atomic E-state index is -2.64. The minimum absolute atomic E-state index is 0.155. The van der Waals surface area contributed by atoms with Crippen molar-refractivity contribution in [1.82, 2.24) is 0 Å². The summed E-state index contributed by atoms with van der Waals surface area (Å²) >= 11 is 1.62. The van der Waals surface area contributed by atoms with E-state index in [1.54, 1.807) is 11.8 Å². The third-order valence-electron chi connectivity index (χ3n) is 4.41. The SMILES string of the molecule is CCCCCCCCO[Si](CCCSC(C)(C)C(=O)OCC)(OCC)OCC. The number of hydrogen-bond acceptors (Lipinski definition) is 6. The number of esters is 1. The largest absolute Gasteiger partial charge is 0.500 e. The predicted octanol–water partition coefficient (Wildman–Crippen LogP) is 5.84. The monoisotopic (exact) mass is 436 g/mol. The van der Waals surface area contributed by atoms with E-state index in [9.17, 15) is 4.79 Å². The first-order valence-corrected chi connectivity index (χ1v) is 14.0. The molecule has 0 heterocycles. The van der Waals surface area contributed by atoms with Gasteiger partial charge in [0.2, 0.25) is 0 Å². The maximum Gasteiger partial charge on any atom is 0.500 e. The molecular formula is C21H44O5SSi. The molecule has 7 heteroatoms. The summed E-state index contributed by atoms with van der Waals surface area (Å²) < 4.78 is 22.9. The number of thioether (sulfide) groups is 1. The van der Waals surface area contributed by atoms with Crippen molar-refractivity contribution in [2.24, 2.45) is 0 Å². The molecule has 168 valence electrons. The lowest BCUT2D eigenvalue weighted by molar-refractivity contribution is -0.145. The molecule has 5 nitrogen and oxygen atoms in total. The van der Waals surface area contributed by atoms with Crippen LogP contribution in [0.3, 0.4) is 0 Å². The van der Waals surface area contributed by atoms with Gasteiger partial charge in [0.15, 0.2) is 0 Å². The topological polar surface area (TPSA) is 54.0 Å². The second-order valence-electron chi connectivity index (χ2n) is 7.35. The quantitative estimate of drug-likeness (QED) is 0.144. The van der Waals surface area contributed by atoms with Crippen molar-refractivity contribution in [2.45, 2.75) is 97.3 Å². The van der Waals surface area contributed by atoms with Crippen molar-refractivity contribution in [2.75, 3.05) is 32.2 Å². The molecule has 0 aliphatic heterocycles. The highest BCUT2D eigenvalue weighted by molar-refractivity contribution is 8.01. The molecule has 28 heavy (non-hydrogen) atoms. The van der Waals surface area contributed by atoms with Crippen LogP contribution in [-0.4, -0.2) is 51.7 Å². The van der Waals surface area contributed by atoms with Gasteiger partial charge in [-0.15, -0.1) is 11.8 Å². The molecule has 0 bridgehead atoms. The van der Waals surface area contributed by atoms with Crippen LogP contribution in [0.2, 0.25) is 6.04 Å². The smallest absolute Gasteiger partial charge is 0.465 e. The third-order valence-corrected chi connectivity index (χ3v) is 8.85. The second kappa shape index (κ2) is 16.7. The summed E-state index contributed by atoms with van der Waals surface area (Å²) in [4.78, 5) is 12.0. The van der Waals surface area contributed by atoms with Gasteiger partial charge >= 0.3 is 14.8 Å². The second-order valence-corrected chi connectivity index (χ2v) is 11.8. The number of carbonyl (C=O) groups is 1. The van der Waals surface area contributed by atoms with E-state index in [4.69, 9.17) is 18.0 Å². The van der Waals surface area contributed by atoms with Crippen LogP contribution in [0.25, 0.3) is 0 Å². The van der Waals surface area contributed by atoms with Crippen LogP contribution >= 0.6 is 11.8 Å². The highest BCUT2D eigenvalue weighted by atomic mass is 32.2. The van der Waals surface area contributed by atoms with E-state index in [0.29, 0.717) is 26.4 Å². The summed E-state index contributed by atoms with van der Waals surface area (Å²) in [6.45, 7) is 14.2. The summed E-state index contributed by atoms with van der Waals surface area (Å²) in [5, 5.41) is 0. The van der Waals surface area contributed by atoms with Gasteiger partial charge in [-0.05, 0) is 53.2 Å². The van der Waals surface area contributed by atoms with Gasteiger partial charge in [-0.2, -0.15) is 0 Å². The summed E-state index contributed by atoms with van der Waals surface area (Å²) in [5.41, 5.74) is 0. The van der Waals surface area contributed by atoms with E-state index in [1.165, 1.54) is 32.1 Å². The van der Waals surface area contributed by atoms with Gasteiger partial charge in [0.05, 0.1) is 6.61 Å². The van der Waals surface area contributed by atoms with E-state index in [-0.39, 0.29) is 5.97 Å². The van der Waals surface area contributed by atoms with Gasteiger partial charge in [-0.25, -0.2) is 0 Å². The van der Waals surface area contributed by atoms with Gasteiger partial charge in [0.25, 0.3) is 0 Å². The van der Waals surface area contributed by atoms with Gasteiger partial charge in [0.1, 0.15) is 4.75 Å². The molecular weight excluding hydrogens is 392 g/mol. The Balaban J connectivity index is 4.44. The average molecular weight is 437 g/mol. The van der Waals surface area contributed by atoms with Crippen LogP contribution in [0, 0.1) is 0 Å². The van der Waals surface area contributed by atoms with Crippen LogP contribution in [0.1, 0.15) is 86.5 Å². The standard InChI is InChI=1S/C21H44O5SSi/c1-7-11-12-13-14-15-17-26-28(24-9-3,25-10-4)19-16-18-27-21(5,6)20(22)23-8-2/h7-19H2,1-6H3. The molecule has 0 atom stereocenters. The van der Waals surface area contributed by atoms with Crippen LogP contribution in [0.15, 0.2) is 0 Å². The molecule has 0 saturated heterocycles. The number of ether oxygens (including phenoxy) is 1. The van der Waals surface area contributed by atoms with Crippen LogP contribution in [-0.2, 0) is 22.8 Å². The Labute approximate surface area is 179 Å². The molecule has 0 spiro atoms. The third kappa shape index (κ3) is 12.5. The Hall–Kier alpha value is -0.0831. The lowest BCUT2D eigenvalue weighted by Crippen LogP contribution is -2.46. The van der Waals surface area contributed by atoms with Crippen molar-refractivity contribution in [3.05, 3.63) is 0 Å². The Bertz CT molecular complexity index is 387. The molecule has 0 N–H and O–H groups in total. The molecule has 0 aromatic carbocycles. The summed E-state index contributed by atoms with van der Waals surface area (Å²) in [6, 6.07) is 0.788. The van der Waals surface area contributed by atoms with Crippen LogP contribution < -0.4 is 0 Å². The van der Waals surface area contributed by atoms with Gasteiger partial charge in [0, 0.05) is 25.9 Å². The zero-order valence-electron chi connectivity index (χ0n) is 19.1. The first kappa shape index (κ1) is 27.9. The number of hydrogen-bond donors (Lipinski definition) is 0. The highest BCUT2D eigenvalue weighted by Crippen LogP contribution is 2.29. The molecule has 0 aromatic heterocycles. The molecule has 0 saturated carbocycles. The lowest BCUT2D eigenvalue weighted by atomic mass is 10.1. The molecule has 0 aliphatic carbocycles. The van der Waals surface area contributed by atoms with E-state index in [2.05, 4.69) is 6.92 Å². The first-order valence-electron chi connectivity index (χ1n) is 11.1. The molecule has 0 aliphatic rings. The van der Waals surface area contributed by atoms with Crippen molar-refractivity contribution in [3.63, 3.8) is 0 Å². The van der Waals surface area contributed by atoms with E-state index in [1.807, 2.05) is 34.6 Å². The van der Waals surface area contributed by atoms with E-state index >= 15 is 0 Å². The summed E-state index contributed by atoms with van der Waals surface area (Å²) in [5.74, 6) is 0.693. The van der Waals surface area contributed by atoms with Crippen molar-refractivity contribution >= 4 is 26.5 Å². The molecule has 0 aromatic rings. The number of rotatable bonds is 19. The number of carbonyl (C=O) groups excluding carboxylic acids is 1. The fourth-order valence-corrected chi connectivity index (χ4v) is 6.73. The van der Waals surface area contributed by atoms with E-state index < -0.39 is 13.6 Å². The van der Waals surface area contributed by atoms with Crippen molar-refractivity contribution < 1.29 is 22.8 Å². The fraction of sp³-hybridized carbons (Fsp3) is 0.952. The van der Waals surface area contributed by atoms with Crippen LogP contribution in [0.5, 0.6) is 0 Å². The number of unbranched alkanes of at least 4 members (excludes halogenated alkanes) is 5. The van der Waals surface area contributed by atoms with Gasteiger partial charge in [-0.1, -0.05) is 39.0 Å². The molecule has 0 radical (unpaired) electrons. The molecule has 0 rings (SSSR count). The van der Waals surface area contributed by atoms with Gasteiger partial charge in [-0.3, -0.25) is 4.79 Å². The molecule has 0 amide bonds. The maximum atomic E-state index is 12.0. The highest BCUT2D eigenvalue weighted by Gasteiger charge is 2.40. The summed E-state index contributed by atoms with van der Waals surface area (Å²) in [6.07, 6.45) is 8.33. The minimum Gasteiger partial charge on any atom is -0.465 e.